The molecule has 1 N–H and O–H groups in total. The van der Waals surface area contributed by atoms with E-state index in [0.717, 1.165) is 0 Å². The molecule has 16 heavy (non-hydrogen) atoms. The van der Waals surface area contributed by atoms with Gasteiger partial charge in [0.25, 0.3) is 0 Å². The summed E-state index contributed by atoms with van der Waals surface area (Å²) in [5.41, 5.74) is 5.27. The maximum absolute atomic E-state index is 4.07. The highest BCUT2D eigenvalue weighted by Gasteiger charge is 2.12. The topological polar surface area (TPSA) is 28.7 Å². The molecule has 2 aromatic rings. The fourth-order valence-electron chi connectivity index (χ4n) is 1.91. The van der Waals surface area contributed by atoms with E-state index in [1.165, 1.54) is 22.4 Å². The molecule has 0 amide bonds. The van der Waals surface area contributed by atoms with Crippen LogP contribution >= 0.6 is 0 Å². The van der Waals surface area contributed by atoms with E-state index in [4.69, 9.17) is 0 Å². The molecule has 1 aromatic carbocycles. The summed E-state index contributed by atoms with van der Waals surface area (Å²) in [5, 5.41) is 0. The van der Waals surface area contributed by atoms with Crippen molar-refractivity contribution in [2.45, 2.75) is 26.7 Å². The molecule has 1 heterocycles. The van der Waals surface area contributed by atoms with Crippen LogP contribution in [0.25, 0.3) is 0 Å². The minimum absolute atomic E-state index is 0. The number of benzene rings is 1. The molecule has 0 fully saturated rings. The number of halogens is 1. The van der Waals surface area contributed by atoms with Crippen LogP contribution in [0.2, 0.25) is 0 Å². The highest BCUT2D eigenvalue weighted by Crippen LogP contribution is 2.26. The maximum atomic E-state index is 4.07. The second-order valence-electron chi connectivity index (χ2n) is 4.02. The van der Waals surface area contributed by atoms with Crippen LogP contribution in [0.1, 0.15) is 35.2 Å². The van der Waals surface area contributed by atoms with E-state index >= 15 is 0 Å². The summed E-state index contributed by atoms with van der Waals surface area (Å²) in [5.74, 6) is 0.382. The molecule has 0 spiro atoms. The number of aryl methyl sites for hydroxylation is 1. The van der Waals surface area contributed by atoms with Crippen molar-refractivity contribution in [1.82, 2.24) is 9.97 Å². The Kier molecular flexibility index (Phi) is 4.13. The van der Waals surface area contributed by atoms with Crippen molar-refractivity contribution in [3.05, 3.63) is 53.1 Å². The van der Waals surface area contributed by atoms with Crippen LogP contribution in [0.5, 0.6) is 0 Å². The normalized spacial score (nSPS) is 11.9. The fourth-order valence-corrected chi connectivity index (χ4v) is 1.91. The molecule has 1 unspecified atom stereocenters. The summed E-state index contributed by atoms with van der Waals surface area (Å²) in [6, 6.07) is 6.46. The van der Waals surface area contributed by atoms with Gasteiger partial charge in [0, 0.05) is 17.8 Å². The standard InChI is InChI=1S/C13H16N2.ClH/c1-9-5-4-6-12(10(9)2)11(3)13-7-14-8-15-13;/h4-8,11H,1-3H3,(H,14,15);1H/p-1. The van der Waals surface area contributed by atoms with E-state index in [-0.39, 0.29) is 12.4 Å². The van der Waals surface area contributed by atoms with Crippen LogP contribution in [-0.4, -0.2) is 9.97 Å². The van der Waals surface area contributed by atoms with Crippen LogP contribution < -0.4 is 12.4 Å². The molecule has 0 aliphatic carbocycles. The van der Waals surface area contributed by atoms with Gasteiger partial charge in [-0.2, -0.15) is 0 Å². The molecule has 2 rings (SSSR count). The number of hydrogen-bond acceptors (Lipinski definition) is 1. The number of imidazole rings is 1. The van der Waals surface area contributed by atoms with Gasteiger partial charge >= 0.3 is 0 Å². The molecule has 1 atom stereocenters. The van der Waals surface area contributed by atoms with Gasteiger partial charge in [0.05, 0.1) is 6.33 Å². The molecule has 0 saturated carbocycles. The van der Waals surface area contributed by atoms with Gasteiger partial charge in [-0.3, -0.25) is 0 Å². The Morgan fingerprint density at radius 2 is 2.00 bits per heavy atom. The minimum Gasteiger partial charge on any atom is -1.00 e. The Morgan fingerprint density at radius 1 is 1.25 bits per heavy atom. The summed E-state index contributed by atoms with van der Waals surface area (Å²) in [6.07, 6.45) is 3.63. The zero-order chi connectivity index (χ0) is 10.8. The highest BCUT2D eigenvalue weighted by atomic mass is 35.5. The third-order valence-electron chi connectivity index (χ3n) is 3.10. The van der Waals surface area contributed by atoms with E-state index in [0.29, 0.717) is 5.92 Å². The fraction of sp³-hybridized carbons (Fsp3) is 0.308. The van der Waals surface area contributed by atoms with Crippen LogP contribution in [0.15, 0.2) is 30.7 Å². The predicted octanol–water partition coefficient (Wildman–Crippen LogP) is 0.182. The van der Waals surface area contributed by atoms with E-state index in [1.54, 1.807) is 6.33 Å². The molecule has 3 heteroatoms. The second-order valence-corrected chi connectivity index (χ2v) is 4.02. The molecular weight excluding hydrogens is 220 g/mol. The summed E-state index contributed by atoms with van der Waals surface area (Å²) >= 11 is 0. The van der Waals surface area contributed by atoms with Crippen LogP contribution in [-0.2, 0) is 0 Å². The van der Waals surface area contributed by atoms with Crippen molar-refractivity contribution < 1.29 is 12.4 Å². The van der Waals surface area contributed by atoms with E-state index in [9.17, 15) is 0 Å². The van der Waals surface area contributed by atoms with Crippen LogP contribution in [0, 0.1) is 13.8 Å². The largest absolute Gasteiger partial charge is 1.00 e. The van der Waals surface area contributed by atoms with Crippen molar-refractivity contribution in [2.24, 2.45) is 0 Å². The first kappa shape index (κ1) is 12.8. The first-order chi connectivity index (χ1) is 7.20. The smallest absolute Gasteiger partial charge is 0.0921 e. The molecule has 2 nitrogen and oxygen atoms in total. The number of nitrogens with zero attached hydrogens (tertiary/aromatic N) is 1. The van der Waals surface area contributed by atoms with E-state index in [1.807, 2.05) is 6.20 Å². The Labute approximate surface area is 103 Å². The van der Waals surface area contributed by atoms with Gasteiger partial charge in [0.1, 0.15) is 0 Å². The first-order valence-corrected chi connectivity index (χ1v) is 5.24. The Bertz CT molecular complexity index is 449. The van der Waals surface area contributed by atoms with Gasteiger partial charge in [-0.1, -0.05) is 25.1 Å². The lowest BCUT2D eigenvalue weighted by Crippen LogP contribution is -3.00. The average molecular weight is 236 g/mol. The quantitative estimate of drug-likeness (QED) is 0.791. The molecule has 0 radical (unpaired) electrons. The van der Waals surface area contributed by atoms with Crippen molar-refractivity contribution in [3.8, 4) is 0 Å². The summed E-state index contributed by atoms with van der Waals surface area (Å²) in [7, 11) is 0. The van der Waals surface area contributed by atoms with Crippen molar-refractivity contribution in [3.63, 3.8) is 0 Å². The van der Waals surface area contributed by atoms with E-state index < -0.39 is 0 Å². The predicted molar refractivity (Wildman–Crippen MR) is 62.0 cm³/mol. The SMILES string of the molecule is Cc1cccc(C(C)c2cnc[nH]2)c1C.[Cl-]. The lowest BCUT2D eigenvalue weighted by atomic mass is 9.92. The third-order valence-corrected chi connectivity index (χ3v) is 3.10. The number of H-pyrrole nitrogens is 1. The van der Waals surface area contributed by atoms with Gasteiger partial charge in [0.15, 0.2) is 0 Å². The number of aromatic nitrogens is 2. The van der Waals surface area contributed by atoms with Crippen LogP contribution in [0.3, 0.4) is 0 Å². The lowest BCUT2D eigenvalue weighted by Gasteiger charge is -2.14. The van der Waals surface area contributed by atoms with Gasteiger partial charge in [-0.25, -0.2) is 4.98 Å². The summed E-state index contributed by atoms with van der Waals surface area (Å²) in [6.45, 7) is 6.53. The highest BCUT2D eigenvalue weighted by molar-refractivity contribution is 5.38. The number of nitrogens with one attached hydrogen (secondary N) is 1. The van der Waals surface area contributed by atoms with Gasteiger partial charge in [-0.05, 0) is 30.5 Å². The van der Waals surface area contributed by atoms with Gasteiger partial charge < -0.3 is 17.4 Å². The Balaban J connectivity index is 0.00000128. The molecular formula is C13H16ClN2-. The average Bonchev–Trinajstić information content (AvgIpc) is 2.74. The Hall–Kier alpha value is -1.28. The van der Waals surface area contributed by atoms with Gasteiger partial charge in [-0.15, -0.1) is 0 Å². The Morgan fingerprint density at radius 3 is 2.62 bits per heavy atom. The molecule has 0 aliphatic rings. The monoisotopic (exact) mass is 235 g/mol. The molecule has 0 saturated heterocycles. The molecule has 86 valence electrons. The number of aromatic amines is 1. The second kappa shape index (κ2) is 5.17. The van der Waals surface area contributed by atoms with Crippen molar-refractivity contribution in [2.75, 3.05) is 0 Å². The zero-order valence-electron chi connectivity index (χ0n) is 9.79. The summed E-state index contributed by atoms with van der Waals surface area (Å²) in [4.78, 5) is 7.24. The van der Waals surface area contributed by atoms with Crippen molar-refractivity contribution in [1.29, 1.82) is 0 Å². The third kappa shape index (κ3) is 2.27. The minimum atomic E-state index is 0. The van der Waals surface area contributed by atoms with Crippen molar-refractivity contribution >= 4 is 0 Å². The number of hydrogen-bond donors (Lipinski definition) is 1. The molecule has 1 aromatic heterocycles. The zero-order valence-corrected chi connectivity index (χ0v) is 10.5. The maximum Gasteiger partial charge on any atom is 0.0921 e. The lowest BCUT2D eigenvalue weighted by molar-refractivity contribution is -0.00000335. The van der Waals surface area contributed by atoms with Gasteiger partial charge in [0.2, 0.25) is 0 Å². The van der Waals surface area contributed by atoms with E-state index in [2.05, 4.69) is 48.9 Å². The first-order valence-electron chi connectivity index (χ1n) is 5.24. The molecule has 0 aliphatic heterocycles. The molecule has 0 bridgehead atoms. The van der Waals surface area contributed by atoms with Crippen LogP contribution in [0.4, 0.5) is 0 Å². The number of rotatable bonds is 2. The summed E-state index contributed by atoms with van der Waals surface area (Å²) < 4.78 is 0.